The number of nitrogens with two attached hydrogens (primary N) is 1. The van der Waals surface area contributed by atoms with Crippen LogP contribution in [0.1, 0.15) is 14.5 Å². The molecule has 0 bridgehead atoms. The van der Waals surface area contributed by atoms with Crippen molar-refractivity contribution in [3.8, 4) is 0 Å². The van der Waals surface area contributed by atoms with E-state index in [-0.39, 0.29) is 18.1 Å². The molecule has 0 spiro atoms. The SMILES string of the molecule is Cc1sc(C(N)=O)cc1NC(=O)CN(C)c1ccccc1[N+](=O)[O-]. The second kappa shape index (κ2) is 7.09. The van der Waals surface area contributed by atoms with Gasteiger partial charge in [-0.25, -0.2) is 0 Å². The molecule has 0 unspecified atom stereocenters. The first-order valence-corrected chi connectivity index (χ1v) is 7.76. The van der Waals surface area contributed by atoms with E-state index in [4.69, 9.17) is 5.73 Å². The van der Waals surface area contributed by atoms with Crippen molar-refractivity contribution in [2.75, 3.05) is 23.8 Å². The number of anilines is 2. The number of nitro benzene ring substituents is 1. The number of benzene rings is 1. The van der Waals surface area contributed by atoms with Gasteiger partial charge >= 0.3 is 0 Å². The molecule has 0 saturated carbocycles. The minimum Gasteiger partial charge on any atom is -0.365 e. The Hall–Kier alpha value is -2.94. The first-order valence-electron chi connectivity index (χ1n) is 6.94. The van der Waals surface area contributed by atoms with Gasteiger partial charge in [-0.15, -0.1) is 11.3 Å². The Kier molecular flexibility index (Phi) is 5.14. The largest absolute Gasteiger partial charge is 0.365 e. The summed E-state index contributed by atoms with van der Waals surface area (Å²) in [4.78, 5) is 36.5. The maximum absolute atomic E-state index is 12.2. The number of thiophene rings is 1. The van der Waals surface area contributed by atoms with Gasteiger partial charge in [0.05, 0.1) is 22.0 Å². The minimum atomic E-state index is -0.555. The number of nitrogens with zero attached hydrogens (tertiary/aromatic N) is 2. The second-order valence-corrected chi connectivity index (χ2v) is 6.35. The van der Waals surface area contributed by atoms with Gasteiger partial charge in [0.2, 0.25) is 5.91 Å². The fourth-order valence-corrected chi connectivity index (χ4v) is 2.99. The zero-order valence-corrected chi connectivity index (χ0v) is 13.9. The topological polar surface area (TPSA) is 119 Å². The number of hydrogen-bond donors (Lipinski definition) is 2. The molecule has 1 aromatic carbocycles. The number of nitro groups is 1. The third-order valence-electron chi connectivity index (χ3n) is 3.31. The van der Waals surface area contributed by atoms with E-state index < -0.39 is 10.8 Å². The van der Waals surface area contributed by atoms with Crippen LogP contribution in [0.3, 0.4) is 0 Å². The molecule has 24 heavy (non-hydrogen) atoms. The van der Waals surface area contributed by atoms with Crippen LogP contribution in [-0.2, 0) is 4.79 Å². The number of para-hydroxylation sites is 2. The summed E-state index contributed by atoms with van der Waals surface area (Å²) in [7, 11) is 1.59. The lowest BCUT2D eigenvalue weighted by Crippen LogP contribution is -2.30. The average molecular weight is 348 g/mol. The fraction of sp³-hybridized carbons (Fsp3) is 0.200. The van der Waals surface area contributed by atoms with Crippen LogP contribution >= 0.6 is 11.3 Å². The zero-order valence-electron chi connectivity index (χ0n) is 13.1. The van der Waals surface area contributed by atoms with Gasteiger partial charge in [0.25, 0.3) is 11.6 Å². The summed E-state index contributed by atoms with van der Waals surface area (Å²) in [5, 5.41) is 13.7. The van der Waals surface area contributed by atoms with Gasteiger partial charge in [-0.05, 0) is 19.1 Å². The van der Waals surface area contributed by atoms with E-state index in [1.807, 2.05) is 0 Å². The van der Waals surface area contributed by atoms with E-state index in [2.05, 4.69) is 5.32 Å². The number of carbonyl (C=O) groups excluding carboxylic acids is 2. The molecule has 0 atom stereocenters. The lowest BCUT2D eigenvalue weighted by Gasteiger charge is -2.18. The predicted molar refractivity (Wildman–Crippen MR) is 92.6 cm³/mol. The van der Waals surface area contributed by atoms with E-state index in [1.165, 1.54) is 28.4 Å². The Morgan fingerprint density at radius 1 is 1.38 bits per heavy atom. The lowest BCUT2D eigenvalue weighted by molar-refractivity contribution is -0.384. The van der Waals surface area contributed by atoms with Crippen molar-refractivity contribution in [2.24, 2.45) is 5.73 Å². The Balaban J connectivity index is 2.10. The molecule has 0 fully saturated rings. The smallest absolute Gasteiger partial charge is 0.292 e. The van der Waals surface area contributed by atoms with Crippen LogP contribution < -0.4 is 16.0 Å². The van der Waals surface area contributed by atoms with Crippen molar-refractivity contribution in [2.45, 2.75) is 6.92 Å². The van der Waals surface area contributed by atoms with Crippen molar-refractivity contribution < 1.29 is 14.5 Å². The molecule has 0 aliphatic carbocycles. The maximum Gasteiger partial charge on any atom is 0.292 e. The highest BCUT2D eigenvalue weighted by Gasteiger charge is 2.19. The summed E-state index contributed by atoms with van der Waals surface area (Å²) in [5.41, 5.74) is 6.00. The molecule has 2 rings (SSSR count). The molecule has 0 aliphatic heterocycles. The van der Waals surface area contributed by atoms with Crippen LogP contribution in [0.5, 0.6) is 0 Å². The summed E-state index contributed by atoms with van der Waals surface area (Å²) in [5.74, 6) is -0.909. The molecule has 0 aliphatic rings. The number of nitrogens with one attached hydrogen (secondary N) is 1. The Morgan fingerprint density at radius 2 is 2.04 bits per heavy atom. The normalized spacial score (nSPS) is 10.2. The highest BCUT2D eigenvalue weighted by atomic mass is 32.1. The molecule has 9 heteroatoms. The second-order valence-electron chi connectivity index (χ2n) is 5.09. The maximum atomic E-state index is 12.2. The third-order valence-corrected chi connectivity index (χ3v) is 4.37. The molecule has 2 amide bonds. The lowest BCUT2D eigenvalue weighted by atomic mass is 10.2. The van der Waals surface area contributed by atoms with Gasteiger partial charge < -0.3 is 16.0 Å². The average Bonchev–Trinajstić information content (AvgIpc) is 2.88. The van der Waals surface area contributed by atoms with Crippen molar-refractivity contribution in [3.05, 3.63) is 50.2 Å². The summed E-state index contributed by atoms with van der Waals surface area (Å²) in [6, 6.07) is 7.71. The number of aryl methyl sites for hydroxylation is 1. The molecule has 8 nitrogen and oxygen atoms in total. The minimum absolute atomic E-state index is 0.0736. The molecule has 1 aromatic heterocycles. The number of carbonyl (C=O) groups is 2. The number of amides is 2. The third kappa shape index (κ3) is 3.87. The number of likely N-dealkylation sites (N-methyl/N-ethyl adjacent to an activating group) is 1. The van der Waals surface area contributed by atoms with Crippen molar-refractivity contribution in [3.63, 3.8) is 0 Å². The molecule has 3 N–H and O–H groups in total. The van der Waals surface area contributed by atoms with Crippen LogP contribution in [0, 0.1) is 17.0 Å². The molecule has 2 aromatic rings. The standard InChI is InChI=1S/C15H16N4O4S/c1-9-10(7-13(24-9)15(16)21)17-14(20)8-18(2)11-5-3-4-6-12(11)19(22)23/h3-7H,8H2,1-2H3,(H2,16,21)(H,17,20). The van der Waals surface area contributed by atoms with E-state index in [0.29, 0.717) is 16.3 Å². The highest BCUT2D eigenvalue weighted by Crippen LogP contribution is 2.28. The van der Waals surface area contributed by atoms with E-state index in [9.17, 15) is 19.7 Å². The summed E-state index contributed by atoms with van der Waals surface area (Å²) in [6.45, 7) is 1.69. The van der Waals surface area contributed by atoms with Gasteiger partial charge in [0.15, 0.2) is 0 Å². The number of primary amides is 1. The van der Waals surface area contributed by atoms with Crippen molar-refractivity contribution in [1.82, 2.24) is 0 Å². The first-order chi connectivity index (χ1) is 11.3. The molecule has 0 radical (unpaired) electrons. The zero-order chi connectivity index (χ0) is 17.9. The van der Waals surface area contributed by atoms with Crippen LogP contribution in [0.25, 0.3) is 0 Å². The Labute approximate surface area is 142 Å². The predicted octanol–water partition coefficient (Wildman–Crippen LogP) is 2.14. The van der Waals surface area contributed by atoms with Gasteiger partial charge in [-0.1, -0.05) is 12.1 Å². The summed E-state index contributed by atoms with van der Waals surface area (Å²) < 4.78 is 0. The summed E-state index contributed by atoms with van der Waals surface area (Å²) >= 11 is 1.19. The Bertz CT molecular complexity index is 803. The van der Waals surface area contributed by atoms with Crippen LogP contribution in [0.2, 0.25) is 0 Å². The van der Waals surface area contributed by atoms with Crippen LogP contribution in [0.15, 0.2) is 30.3 Å². The quantitative estimate of drug-likeness (QED) is 0.612. The molecular formula is C15H16N4O4S. The van der Waals surface area contributed by atoms with E-state index >= 15 is 0 Å². The molecule has 1 heterocycles. The van der Waals surface area contributed by atoms with Crippen molar-refractivity contribution >= 4 is 40.2 Å². The van der Waals surface area contributed by atoms with Gasteiger partial charge in [-0.2, -0.15) is 0 Å². The number of rotatable bonds is 6. The van der Waals surface area contributed by atoms with E-state index in [1.54, 1.807) is 32.2 Å². The highest BCUT2D eigenvalue weighted by molar-refractivity contribution is 7.14. The first kappa shape index (κ1) is 17.4. The van der Waals surface area contributed by atoms with Gasteiger partial charge in [-0.3, -0.25) is 19.7 Å². The monoisotopic (exact) mass is 348 g/mol. The Morgan fingerprint density at radius 3 is 2.62 bits per heavy atom. The van der Waals surface area contributed by atoms with Gasteiger partial charge in [0, 0.05) is 18.0 Å². The van der Waals surface area contributed by atoms with E-state index in [0.717, 1.165) is 4.88 Å². The molecule has 126 valence electrons. The molecular weight excluding hydrogens is 332 g/mol. The summed E-state index contributed by atoms with van der Waals surface area (Å²) in [6.07, 6.45) is 0. The fourth-order valence-electron chi connectivity index (χ4n) is 2.16. The van der Waals surface area contributed by atoms with Crippen LogP contribution in [-0.4, -0.2) is 30.3 Å². The van der Waals surface area contributed by atoms with Crippen LogP contribution in [0.4, 0.5) is 17.1 Å². The van der Waals surface area contributed by atoms with Gasteiger partial charge in [0.1, 0.15) is 5.69 Å². The van der Waals surface area contributed by atoms with Crippen molar-refractivity contribution in [1.29, 1.82) is 0 Å². The number of hydrogen-bond acceptors (Lipinski definition) is 6. The molecule has 0 saturated heterocycles.